The fourth-order valence-electron chi connectivity index (χ4n) is 3.23. The zero-order chi connectivity index (χ0) is 18.6. The van der Waals surface area contributed by atoms with Crippen molar-refractivity contribution in [2.45, 2.75) is 44.7 Å². The van der Waals surface area contributed by atoms with Crippen molar-refractivity contribution in [3.8, 4) is 0 Å². The molecule has 9 nitrogen and oxygen atoms in total. The van der Waals surface area contributed by atoms with Crippen molar-refractivity contribution >= 4 is 22.1 Å². The lowest BCUT2D eigenvalue weighted by molar-refractivity contribution is -0.125. The highest BCUT2D eigenvalue weighted by atomic mass is 32.2. The van der Waals surface area contributed by atoms with Crippen molar-refractivity contribution in [2.24, 2.45) is 0 Å². The normalized spacial score (nSPS) is 22.1. The number of nitrogens with zero attached hydrogens (tertiary/aromatic N) is 3. The van der Waals surface area contributed by atoms with Crippen molar-refractivity contribution < 1.29 is 18.0 Å². The van der Waals surface area contributed by atoms with Crippen molar-refractivity contribution in [1.29, 1.82) is 0 Å². The molecule has 0 spiro atoms. The van der Waals surface area contributed by atoms with Crippen molar-refractivity contribution in [1.82, 2.24) is 24.1 Å². The minimum atomic E-state index is -3.43. The number of piperazine rings is 1. The van der Waals surface area contributed by atoms with Crippen LogP contribution in [0.5, 0.6) is 0 Å². The fourth-order valence-corrected chi connectivity index (χ4v) is 4.31. The van der Waals surface area contributed by atoms with Gasteiger partial charge in [0.25, 0.3) is 10.2 Å². The molecule has 0 aromatic rings. The summed E-state index contributed by atoms with van der Waals surface area (Å²) in [6.45, 7) is 3.28. The number of carbonyl (C=O) groups excluding carboxylic acids is 2. The maximum Gasteiger partial charge on any atom is 0.321 e. The lowest BCUT2D eigenvalue weighted by Gasteiger charge is -2.37. The Labute approximate surface area is 149 Å². The van der Waals surface area contributed by atoms with Gasteiger partial charge in [-0.3, -0.25) is 15.0 Å². The minimum Gasteiger partial charge on any atom is -0.335 e. The Morgan fingerprint density at radius 1 is 1.08 bits per heavy atom. The highest BCUT2D eigenvalue weighted by Gasteiger charge is 2.32. The molecule has 0 aromatic carbocycles. The highest BCUT2D eigenvalue weighted by Crippen LogP contribution is 2.17. The topological polar surface area (TPSA) is 102 Å². The molecule has 1 atom stereocenters. The van der Waals surface area contributed by atoms with E-state index in [9.17, 15) is 18.0 Å². The van der Waals surface area contributed by atoms with Gasteiger partial charge in [-0.2, -0.15) is 17.0 Å². The van der Waals surface area contributed by atoms with Crippen LogP contribution in [0.25, 0.3) is 0 Å². The van der Waals surface area contributed by atoms with Crippen LogP contribution in [0, 0.1) is 0 Å². The van der Waals surface area contributed by atoms with E-state index in [2.05, 4.69) is 10.6 Å². The number of rotatable bonds is 5. The number of carbonyl (C=O) groups is 2. The van der Waals surface area contributed by atoms with Crippen LogP contribution < -0.4 is 10.6 Å². The van der Waals surface area contributed by atoms with E-state index in [1.807, 2.05) is 4.90 Å². The first-order chi connectivity index (χ1) is 11.7. The van der Waals surface area contributed by atoms with Crippen LogP contribution in [0.1, 0.15) is 32.6 Å². The van der Waals surface area contributed by atoms with Gasteiger partial charge in [-0.1, -0.05) is 12.8 Å². The molecule has 0 radical (unpaired) electrons. The van der Waals surface area contributed by atoms with Gasteiger partial charge in [0.15, 0.2) is 0 Å². The van der Waals surface area contributed by atoms with Gasteiger partial charge in [0.05, 0.1) is 6.04 Å². The molecule has 0 aromatic heterocycles. The number of hydrogen-bond acceptors (Lipinski definition) is 5. The second-order valence-electron chi connectivity index (χ2n) is 6.85. The molecular formula is C15H29N5O4S. The lowest BCUT2D eigenvalue weighted by atomic mass is 10.2. The summed E-state index contributed by atoms with van der Waals surface area (Å²) in [5.41, 5.74) is 0. The smallest absolute Gasteiger partial charge is 0.321 e. The van der Waals surface area contributed by atoms with E-state index in [1.165, 1.54) is 22.7 Å². The van der Waals surface area contributed by atoms with Crippen molar-refractivity contribution in [3.05, 3.63) is 0 Å². The lowest BCUT2D eigenvalue weighted by Crippen LogP contribution is -2.57. The Morgan fingerprint density at radius 2 is 1.64 bits per heavy atom. The number of amides is 3. The first kappa shape index (κ1) is 20.1. The molecule has 1 aliphatic carbocycles. The van der Waals surface area contributed by atoms with E-state index < -0.39 is 22.3 Å². The third-order valence-corrected chi connectivity index (χ3v) is 6.86. The summed E-state index contributed by atoms with van der Waals surface area (Å²) in [6, 6.07) is -0.779. The summed E-state index contributed by atoms with van der Waals surface area (Å²) >= 11 is 0. The van der Waals surface area contributed by atoms with E-state index in [1.54, 1.807) is 6.92 Å². The van der Waals surface area contributed by atoms with E-state index in [0.717, 1.165) is 25.7 Å². The molecular weight excluding hydrogens is 346 g/mol. The fraction of sp³-hybridized carbons (Fsp3) is 0.867. The second-order valence-corrected chi connectivity index (χ2v) is 8.99. The van der Waals surface area contributed by atoms with Crippen LogP contribution in [-0.4, -0.2) is 86.2 Å². The number of nitrogens with one attached hydrogen (secondary N) is 2. The molecule has 10 heteroatoms. The molecule has 1 saturated heterocycles. The largest absolute Gasteiger partial charge is 0.335 e. The SMILES string of the molecule is CC(C(=O)NC(=O)NC1CCCC1)N1CCN(S(=O)(=O)N(C)C)CC1. The maximum absolute atomic E-state index is 12.3. The first-order valence-corrected chi connectivity index (χ1v) is 10.1. The summed E-state index contributed by atoms with van der Waals surface area (Å²) in [6.07, 6.45) is 4.13. The molecule has 0 bridgehead atoms. The Morgan fingerprint density at radius 3 is 2.16 bits per heavy atom. The number of imide groups is 1. The summed E-state index contributed by atoms with van der Waals surface area (Å²) in [4.78, 5) is 26.0. The van der Waals surface area contributed by atoms with Gasteiger partial charge in [0, 0.05) is 46.3 Å². The van der Waals surface area contributed by atoms with Gasteiger partial charge >= 0.3 is 6.03 Å². The van der Waals surface area contributed by atoms with Gasteiger partial charge in [0.1, 0.15) is 0 Å². The van der Waals surface area contributed by atoms with Crippen LogP contribution >= 0.6 is 0 Å². The van der Waals surface area contributed by atoms with Gasteiger partial charge in [-0.25, -0.2) is 4.79 Å². The van der Waals surface area contributed by atoms with E-state index in [4.69, 9.17) is 0 Å². The predicted molar refractivity (Wildman–Crippen MR) is 94.1 cm³/mol. The standard InChI is InChI=1S/C15H29N5O4S/c1-12(14(21)17-15(22)16-13-6-4-5-7-13)19-8-10-20(11-9-19)25(23,24)18(2)3/h12-13H,4-11H2,1-3H3,(H2,16,17,21,22). The molecule has 1 unspecified atom stereocenters. The number of urea groups is 1. The summed E-state index contributed by atoms with van der Waals surface area (Å²) in [7, 11) is -0.425. The van der Waals surface area contributed by atoms with Crippen molar-refractivity contribution in [2.75, 3.05) is 40.3 Å². The van der Waals surface area contributed by atoms with Crippen molar-refractivity contribution in [3.63, 3.8) is 0 Å². The zero-order valence-corrected chi connectivity index (χ0v) is 16.0. The van der Waals surface area contributed by atoms with Gasteiger partial charge < -0.3 is 5.32 Å². The molecule has 2 rings (SSSR count). The first-order valence-electron chi connectivity index (χ1n) is 8.75. The average Bonchev–Trinajstić information content (AvgIpc) is 3.06. The molecule has 3 amide bonds. The van der Waals surface area contributed by atoms with Crippen LogP contribution in [0.4, 0.5) is 4.79 Å². The van der Waals surface area contributed by atoms with Gasteiger partial charge in [-0.05, 0) is 19.8 Å². The Bertz CT molecular complexity index is 581. The molecule has 2 fully saturated rings. The molecule has 1 saturated carbocycles. The zero-order valence-electron chi connectivity index (χ0n) is 15.2. The van der Waals surface area contributed by atoms with E-state index in [-0.39, 0.29) is 11.9 Å². The predicted octanol–water partition coefficient (Wildman–Crippen LogP) is -0.433. The van der Waals surface area contributed by atoms with Crippen LogP contribution in [-0.2, 0) is 15.0 Å². The van der Waals surface area contributed by atoms with Crippen LogP contribution in [0.15, 0.2) is 0 Å². The Hall–Kier alpha value is -1.23. The summed E-state index contributed by atoms with van der Waals surface area (Å²) in [5.74, 6) is -0.362. The van der Waals surface area contributed by atoms with E-state index in [0.29, 0.717) is 26.2 Å². The third-order valence-electron chi connectivity index (χ3n) is 4.92. The minimum absolute atomic E-state index is 0.155. The molecule has 2 aliphatic rings. The van der Waals surface area contributed by atoms with Gasteiger partial charge in [-0.15, -0.1) is 0 Å². The molecule has 2 N–H and O–H groups in total. The average molecular weight is 375 g/mol. The van der Waals surface area contributed by atoms with Crippen LogP contribution in [0.2, 0.25) is 0 Å². The summed E-state index contributed by atoms with van der Waals surface area (Å²) < 4.78 is 26.8. The summed E-state index contributed by atoms with van der Waals surface area (Å²) in [5, 5.41) is 5.22. The van der Waals surface area contributed by atoms with Gasteiger partial charge in [0.2, 0.25) is 5.91 Å². The molecule has 1 heterocycles. The number of hydrogen-bond donors (Lipinski definition) is 2. The Balaban J connectivity index is 1.80. The molecule has 25 heavy (non-hydrogen) atoms. The molecule has 144 valence electrons. The van der Waals surface area contributed by atoms with Crippen LogP contribution in [0.3, 0.4) is 0 Å². The Kier molecular flexibility index (Phi) is 6.78. The monoisotopic (exact) mass is 375 g/mol. The van der Waals surface area contributed by atoms with E-state index >= 15 is 0 Å². The second kappa shape index (κ2) is 8.43. The third kappa shape index (κ3) is 5.13. The maximum atomic E-state index is 12.3. The molecule has 1 aliphatic heterocycles. The quantitative estimate of drug-likeness (QED) is 0.679. The highest BCUT2D eigenvalue weighted by molar-refractivity contribution is 7.86.